The van der Waals surface area contributed by atoms with Crippen molar-refractivity contribution in [2.24, 2.45) is 5.10 Å². The normalized spacial score (nSPS) is 11.7. The standard InChI is InChI=1S/C24H18N4O3/c1-30-20-13-7-10-16-14-17(22-25-18-11-5-6-12-19(18)26-22)24(31-21(16)20)28-27-23(29)15-8-3-2-4-9-15/h2-14H,1H3,(H,25,26)(H,27,29)/b28-24+. The van der Waals surface area contributed by atoms with Crippen LogP contribution in [0.2, 0.25) is 0 Å². The summed E-state index contributed by atoms with van der Waals surface area (Å²) in [6.07, 6.45) is 0. The van der Waals surface area contributed by atoms with Gasteiger partial charge in [-0.05, 0) is 36.4 Å². The number of nitrogens with zero attached hydrogens (tertiary/aromatic N) is 2. The fourth-order valence-corrected chi connectivity index (χ4v) is 3.37. The number of imidazole rings is 1. The molecule has 152 valence electrons. The first-order chi connectivity index (χ1) is 15.2. The lowest BCUT2D eigenvalue weighted by Crippen LogP contribution is -2.22. The fourth-order valence-electron chi connectivity index (χ4n) is 3.37. The highest BCUT2D eigenvalue weighted by Gasteiger charge is 2.14. The Kier molecular flexibility index (Phi) is 4.68. The van der Waals surface area contributed by atoms with Crippen molar-refractivity contribution >= 4 is 27.9 Å². The summed E-state index contributed by atoms with van der Waals surface area (Å²) < 4.78 is 11.5. The summed E-state index contributed by atoms with van der Waals surface area (Å²) in [4.78, 5) is 20.4. The number of H-pyrrole nitrogens is 1. The molecule has 31 heavy (non-hydrogen) atoms. The van der Waals surface area contributed by atoms with Crippen LogP contribution in [0.4, 0.5) is 0 Å². The first-order valence-corrected chi connectivity index (χ1v) is 9.68. The van der Waals surface area contributed by atoms with Crippen molar-refractivity contribution in [2.75, 3.05) is 7.11 Å². The number of rotatable bonds is 4. The summed E-state index contributed by atoms with van der Waals surface area (Å²) in [5.41, 5.74) is 6.13. The minimum Gasteiger partial charge on any atom is -0.493 e. The van der Waals surface area contributed by atoms with Gasteiger partial charge >= 0.3 is 0 Å². The van der Waals surface area contributed by atoms with Gasteiger partial charge in [0.2, 0.25) is 5.55 Å². The molecule has 0 unspecified atom stereocenters. The molecule has 2 heterocycles. The van der Waals surface area contributed by atoms with E-state index >= 15 is 0 Å². The summed E-state index contributed by atoms with van der Waals surface area (Å²) in [6.45, 7) is 0. The van der Waals surface area contributed by atoms with Crippen LogP contribution >= 0.6 is 0 Å². The van der Waals surface area contributed by atoms with Crippen molar-refractivity contribution in [1.82, 2.24) is 15.4 Å². The van der Waals surface area contributed by atoms with Crippen LogP contribution in [0.1, 0.15) is 10.4 Å². The number of amides is 1. The Balaban J connectivity index is 1.68. The first-order valence-electron chi connectivity index (χ1n) is 9.68. The third kappa shape index (κ3) is 3.53. The first kappa shape index (κ1) is 18.6. The monoisotopic (exact) mass is 410 g/mol. The summed E-state index contributed by atoms with van der Waals surface area (Å²) in [5, 5.41) is 5.10. The van der Waals surface area contributed by atoms with E-state index in [4.69, 9.17) is 9.15 Å². The summed E-state index contributed by atoms with van der Waals surface area (Å²) in [6, 6.07) is 24.1. The lowest BCUT2D eigenvalue weighted by atomic mass is 10.1. The van der Waals surface area contributed by atoms with E-state index in [2.05, 4.69) is 20.5 Å². The molecule has 0 radical (unpaired) electrons. The largest absolute Gasteiger partial charge is 0.493 e. The molecule has 0 atom stereocenters. The van der Waals surface area contributed by atoms with Crippen LogP contribution in [-0.2, 0) is 0 Å². The molecular weight excluding hydrogens is 392 g/mol. The number of benzene rings is 3. The van der Waals surface area contributed by atoms with E-state index in [0.717, 1.165) is 16.4 Å². The number of nitrogens with one attached hydrogen (secondary N) is 2. The highest BCUT2D eigenvalue weighted by atomic mass is 16.5. The zero-order chi connectivity index (χ0) is 21.2. The maximum Gasteiger partial charge on any atom is 0.271 e. The maximum atomic E-state index is 12.5. The topological polar surface area (TPSA) is 92.5 Å². The van der Waals surface area contributed by atoms with E-state index in [0.29, 0.717) is 28.3 Å². The maximum absolute atomic E-state index is 12.5. The zero-order valence-electron chi connectivity index (χ0n) is 16.6. The molecule has 2 N–H and O–H groups in total. The third-order valence-corrected chi connectivity index (χ3v) is 4.90. The number of aromatic nitrogens is 2. The molecule has 0 aliphatic heterocycles. The van der Waals surface area contributed by atoms with E-state index < -0.39 is 0 Å². The van der Waals surface area contributed by atoms with Gasteiger partial charge in [0.05, 0.1) is 23.7 Å². The molecule has 7 nitrogen and oxygen atoms in total. The van der Waals surface area contributed by atoms with Gasteiger partial charge in [-0.3, -0.25) is 4.79 Å². The predicted molar refractivity (Wildman–Crippen MR) is 117 cm³/mol. The van der Waals surface area contributed by atoms with Crippen molar-refractivity contribution in [1.29, 1.82) is 0 Å². The second-order valence-electron chi connectivity index (χ2n) is 6.87. The van der Waals surface area contributed by atoms with Crippen LogP contribution in [0.5, 0.6) is 5.75 Å². The van der Waals surface area contributed by atoms with E-state index in [-0.39, 0.29) is 11.5 Å². The van der Waals surface area contributed by atoms with E-state index in [1.807, 2.05) is 48.5 Å². The lowest BCUT2D eigenvalue weighted by molar-refractivity contribution is 0.0951. The molecule has 0 saturated heterocycles. The number of fused-ring (bicyclic) bond motifs is 2. The minimum atomic E-state index is -0.341. The van der Waals surface area contributed by atoms with Crippen LogP contribution in [0.3, 0.4) is 0 Å². The smallest absolute Gasteiger partial charge is 0.271 e. The highest BCUT2D eigenvalue weighted by molar-refractivity contribution is 5.94. The van der Waals surface area contributed by atoms with Gasteiger partial charge in [-0.2, -0.15) is 0 Å². The van der Waals surface area contributed by atoms with Gasteiger partial charge in [-0.15, -0.1) is 5.10 Å². The second kappa shape index (κ2) is 7.79. The number of aromatic amines is 1. The Bertz CT molecular complexity index is 1440. The van der Waals surface area contributed by atoms with Gasteiger partial charge in [-0.1, -0.05) is 42.5 Å². The molecule has 0 bridgehead atoms. The van der Waals surface area contributed by atoms with Gasteiger partial charge in [0.1, 0.15) is 5.82 Å². The molecule has 0 saturated carbocycles. The Morgan fingerprint density at radius 2 is 1.84 bits per heavy atom. The van der Waals surface area contributed by atoms with Crippen LogP contribution in [0.15, 0.2) is 88.4 Å². The van der Waals surface area contributed by atoms with Crippen LogP contribution < -0.4 is 15.7 Å². The Labute approximate surface area is 177 Å². The van der Waals surface area contributed by atoms with Crippen molar-refractivity contribution < 1.29 is 13.9 Å². The molecule has 3 aromatic carbocycles. The Morgan fingerprint density at radius 1 is 1.03 bits per heavy atom. The second-order valence-corrected chi connectivity index (χ2v) is 6.87. The molecule has 0 spiro atoms. The van der Waals surface area contributed by atoms with Crippen LogP contribution in [-0.4, -0.2) is 23.0 Å². The quantitative estimate of drug-likeness (QED) is 0.434. The highest BCUT2D eigenvalue weighted by Crippen LogP contribution is 2.27. The summed E-state index contributed by atoms with van der Waals surface area (Å²) in [7, 11) is 1.57. The fraction of sp³-hybridized carbons (Fsp3) is 0.0417. The third-order valence-electron chi connectivity index (χ3n) is 4.90. The summed E-state index contributed by atoms with van der Waals surface area (Å²) >= 11 is 0. The Hall–Kier alpha value is -4.39. The van der Waals surface area contributed by atoms with E-state index in [9.17, 15) is 4.79 Å². The molecule has 0 aliphatic rings. The van der Waals surface area contributed by atoms with Crippen LogP contribution in [0.25, 0.3) is 33.4 Å². The van der Waals surface area contributed by atoms with Gasteiger partial charge in [0.25, 0.3) is 5.91 Å². The molecular formula is C24H18N4O3. The summed E-state index contributed by atoms with van der Waals surface area (Å²) in [5.74, 6) is 0.813. The van der Waals surface area contributed by atoms with Crippen LogP contribution in [0, 0.1) is 0 Å². The Morgan fingerprint density at radius 3 is 2.65 bits per heavy atom. The van der Waals surface area contributed by atoms with Gasteiger partial charge < -0.3 is 14.1 Å². The SMILES string of the molecule is COc1cccc2cc(-c3nc4ccccc4[nH]3)/c(=N\NC(=O)c3ccccc3)oc12. The van der Waals surface area contributed by atoms with Gasteiger partial charge in [-0.25, -0.2) is 10.4 Å². The number of carbonyl (C=O) groups excluding carboxylic acids is 1. The average Bonchev–Trinajstić information content (AvgIpc) is 3.26. The molecule has 0 fully saturated rings. The van der Waals surface area contributed by atoms with Gasteiger partial charge in [0.15, 0.2) is 11.3 Å². The average molecular weight is 410 g/mol. The molecule has 5 rings (SSSR count). The molecule has 1 amide bonds. The molecule has 0 aliphatic carbocycles. The predicted octanol–water partition coefficient (Wildman–Crippen LogP) is 4.23. The van der Waals surface area contributed by atoms with Crippen molar-refractivity contribution in [3.63, 3.8) is 0 Å². The number of ether oxygens (including phenoxy) is 1. The number of hydrogen-bond acceptors (Lipinski definition) is 5. The van der Waals surface area contributed by atoms with E-state index in [1.54, 1.807) is 37.4 Å². The number of methoxy groups -OCH3 is 1. The van der Waals surface area contributed by atoms with Gasteiger partial charge in [0, 0.05) is 10.9 Å². The van der Waals surface area contributed by atoms with Crippen molar-refractivity contribution in [3.8, 4) is 17.1 Å². The zero-order valence-corrected chi connectivity index (χ0v) is 16.6. The molecule has 2 aromatic heterocycles. The lowest BCUT2D eigenvalue weighted by Gasteiger charge is -2.07. The number of carbonyl (C=O) groups is 1. The van der Waals surface area contributed by atoms with Crippen molar-refractivity contribution in [3.05, 3.63) is 90.0 Å². The minimum absolute atomic E-state index is 0.209. The molecule has 7 heteroatoms. The number of hydrogen-bond donors (Lipinski definition) is 2. The van der Waals surface area contributed by atoms with E-state index in [1.165, 1.54) is 0 Å². The molecule has 5 aromatic rings. The van der Waals surface area contributed by atoms with Crippen molar-refractivity contribution in [2.45, 2.75) is 0 Å². The number of para-hydroxylation sites is 3.